The first-order valence-electron chi connectivity index (χ1n) is 7.16. The van der Waals surface area contributed by atoms with Crippen molar-refractivity contribution in [3.8, 4) is 11.8 Å². The van der Waals surface area contributed by atoms with Crippen molar-refractivity contribution >= 4 is 11.6 Å². The van der Waals surface area contributed by atoms with Crippen LogP contribution in [0.2, 0.25) is 0 Å². The highest BCUT2D eigenvalue weighted by atomic mass is 16.5. The Morgan fingerprint density at radius 3 is 2.64 bits per heavy atom. The molecule has 2 aromatic carbocycles. The average molecular weight is 294 g/mol. The van der Waals surface area contributed by atoms with Gasteiger partial charge >= 0.3 is 0 Å². The van der Waals surface area contributed by atoms with E-state index in [9.17, 15) is 4.79 Å². The molecular formula is C18H18N2O2. The van der Waals surface area contributed by atoms with E-state index >= 15 is 0 Å². The Balaban J connectivity index is 2.05. The van der Waals surface area contributed by atoms with Gasteiger partial charge in [0.1, 0.15) is 5.75 Å². The molecule has 112 valence electrons. The first-order chi connectivity index (χ1) is 10.6. The number of nitrogens with zero attached hydrogens (tertiary/aromatic N) is 1. The molecule has 4 heteroatoms. The van der Waals surface area contributed by atoms with Crippen LogP contribution in [0.4, 0.5) is 5.69 Å². The first-order valence-corrected chi connectivity index (χ1v) is 7.16. The molecule has 0 saturated heterocycles. The van der Waals surface area contributed by atoms with Crippen LogP contribution in [-0.2, 0) is 4.79 Å². The zero-order valence-corrected chi connectivity index (χ0v) is 12.7. The number of rotatable bonds is 5. The van der Waals surface area contributed by atoms with Crippen molar-refractivity contribution in [2.24, 2.45) is 0 Å². The van der Waals surface area contributed by atoms with Crippen LogP contribution in [0.1, 0.15) is 24.5 Å². The Kier molecular flexibility index (Phi) is 5.16. The lowest BCUT2D eigenvalue weighted by Gasteiger charge is -2.17. The Hall–Kier alpha value is -2.80. The Morgan fingerprint density at radius 2 is 2.00 bits per heavy atom. The Bertz CT molecular complexity index is 687. The number of hydrogen-bond donors (Lipinski definition) is 1. The number of nitriles is 1. The molecule has 0 saturated carbocycles. The van der Waals surface area contributed by atoms with E-state index in [-0.39, 0.29) is 5.91 Å². The maximum absolute atomic E-state index is 12.3. The van der Waals surface area contributed by atoms with Gasteiger partial charge < -0.3 is 10.1 Å². The SMILES string of the molecule is CC[C@H](Oc1ccc(C)cc1)C(=O)Nc1cccc(C#N)c1. The number of hydrogen-bond acceptors (Lipinski definition) is 3. The number of amides is 1. The third-order valence-corrected chi connectivity index (χ3v) is 3.22. The standard InChI is InChI=1S/C18H18N2O2/c1-3-17(22-16-9-7-13(2)8-10-16)18(21)20-15-6-4-5-14(11-15)12-19/h4-11,17H,3H2,1-2H3,(H,20,21)/t17-/m0/s1. The molecule has 0 aromatic heterocycles. The molecule has 22 heavy (non-hydrogen) atoms. The molecule has 0 bridgehead atoms. The van der Waals surface area contributed by atoms with Gasteiger partial charge in [-0.2, -0.15) is 5.26 Å². The van der Waals surface area contributed by atoms with Gasteiger partial charge in [0.05, 0.1) is 11.6 Å². The van der Waals surface area contributed by atoms with Gasteiger partial charge in [0.15, 0.2) is 6.10 Å². The summed E-state index contributed by atoms with van der Waals surface area (Å²) in [6, 6.07) is 16.4. The molecular weight excluding hydrogens is 276 g/mol. The number of anilines is 1. The average Bonchev–Trinajstić information content (AvgIpc) is 2.54. The van der Waals surface area contributed by atoms with Gasteiger partial charge in [-0.3, -0.25) is 4.79 Å². The number of ether oxygens (including phenoxy) is 1. The maximum atomic E-state index is 12.3. The monoisotopic (exact) mass is 294 g/mol. The zero-order valence-electron chi connectivity index (χ0n) is 12.7. The summed E-state index contributed by atoms with van der Waals surface area (Å²) in [6.07, 6.45) is -0.0223. The molecule has 1 amide bonds. The van der Waals surface area contributed by atoms with Crippen LogP contribution in [0, 0.1) is 18.3 Å². The van der Waals surface area contributed by atoms with E-state index in [1.807, 2.05) is 44.2 Å². The lowest BCUT2D eigenvalue weighted by molar-refractivity contribution is -0.122. The highest BCUT2D eigenvalue weighted by Gasteiger charge is 2.18. The van der Waals surface area contributed by atoms with Gasteiger partial charge in [0, 0.05) is 5.69 Å². The summed E-state index contributed by atoms with van der Waals surface area (Å²) in [5, 5.41) is 11.7. The molecule has 0 unspecified atom stereocenters. The third kappa shape index (κ3) is 4.10. The topological polar surface area (TPSA) is 62.1 Å². The summed E-state index contributed by atoms with van der Waals surface area (Å²) < 4.78 is 5.73. The second kappa shape index (κ2) is 7.28. The van der Waals surface area contributed by atoms with Crippen molar-refractivity contribution < 1.29 is 9.53 Å². The fourth-order valence-corrected chi connectivity index (χ4v) is 1.99. The van der Waals surface area contributed by atoms with Gasteiger partial charge in [-0.05, 0) is 43.7 Å². The van der Waals surface area contributed by atoms with Crippen molar-refractivity contribution in [3.05, 3.63) is 59.7 Å². The summed E-state index contributed by atoms with van der Waals surface area (Å²) in [4.78, 5) is 12.3. The van der Waals surface area contributed by atoms with Crippen LogP contribution in [0.5, 0.6) is 5.75 Å². The first kappa shape index (κ1) is 15.6. The highest BCUT2D eigenvalue weighted by Crippen LogP contribution is 2.16. The van der Waals surface area contributed by atoms with E-state index < -0.39 is 6.10 Å². The number of aryl methyl sites for hydroxylation is 1. The van der Waals surface area contributed by atoms with E-state index in [0.29, 0.717) is 23.4 Å². The van der Waals surface area contributed by atoms with Crippen LogP contribution in [0.25, 0.3) is 0 Å². The highest BCUT2D eigenvalue weighted by molar-refractivity contribution is 5.94. The van der Waals surface area contributed by atoms with Gasteiger partial charge in [-0.15, -0.1) is 0 Å². The number of carbonyl (C=O) groups is 1. The predicted molar refractivity (Wildman–Crippen MR) is 85.7 cm³/mol. The molecule has 0 heterocycles. The second-order valence-electron chi connectivity index (χ2n) is 5.01. The number of nitrogens with one attached hydrogen (secondary N) is 1. The largest absolute Gasteiger partial charge is 0.481 e. The summed E-state index contributed by atoms with van der Waals surface area (Å²) in [6.45, 7) is 3.89. The van der Waals surface area contributed by atoms with Crippen LogP contribution in [0.3, 0.4) is 0 Å². The van der Waals surface area contributed by atoms with E-state index in [1.165, 1.54) is 0 Å². The Labute approximate surface area is 130 Å². The lowest BCUT2D eigenvalue weighted by Crippen LogP contribution is -2.32. The number of carbonyl (C=O) groups excluding carboxylic acids is 1. The normalized spacial score (nSPS) is 11.3. The molecule has 0 aliphatic carbocycles. The second-order valence-corrected chi connectivity index (χ2v) is 5.01. The third-order valence-electron chi connectivity index (χ3n) is 3.22. The van der Waals surface area contributed by atoms with Crippen LogP contribution >= 0.6 is 0 Å². The molecule has 0 aliphatic rings. The quantitative estimate of drug-likeness (QED) is 0.915. The molecule has 0 radical (unpaired) electrons. The Morgan fingerprint density at radius 1 is 1.27 bits per heavy atom. The van der Waals surface area contributed by atoms with Gasteiger partial charge in [-0.1, -0.05) is 30.7 Å². The summed E-state index contributed by atoms with van der Waals surface area (Å²) in [5.74, 6) is 0.441. The van der Waals surface area contributed by atoms with Crippen LogP contribution < -0.4 is 10.1 Å². The fourth-order valence-electron chi connectivity index (χ4n) is 1.99. The van der Waals surface area contributed by atoms with Crippen molar-refractivity contribution in [2.75, 3.05) is 5.32 Å². The molecule has 4 nitrogen and oxygen atoms in total. The van der Waals surface area contributed by atoms with Crippen LogP contribution in [0.15, 0.2) is 48.5 Å². The molecule has 2 aromatic rings. The minimum absolute atomic E-state index is 0.224. The van der Waals surface area contributed by atoms with E-state index in [0.717, 1.165) is 5.56 Å². The minimum atomic E-state index is -0.576. The van der Waals surface area contributed by atoms with Gasteiger partial charge in [0.2, 0.25) is 0 Å². The van der Waals surface area contributed by atoms with Crippen molar-refractivity contribution in [2.45, 2.75) is 26.4 Å². The summed E-state index contributed by atoms with van der Waals surface area (Å²) >= 11 is 0. The lowest BCUT2D eigenvalue weighted by atomic mass is 10.2. The maximum Gasteiger partial charge on any atom is 0.265 e. The number of benzene rings is 2. The van der Waals surface area contributed by atoms with Crippen molar-refractivity contribution in [1.29, 1.82) is 5.26 Å². The molecule has 0 spiro atoms. The van der Waals surface area contributed by atoms with E-state index in [4.69, 9.17) is 10.00 Å². The van der Waals surface area contributed by atoms with Crippen LogP contribution in [-0.4, -0.2) is 12.0 Å². The molecule has 0 fully saturated rings. The summed E-state index contributed by atoms with van der Waals surface area (Å²) in [5.41, 5.74) is 2.23. The summed E-state index contributed by atoms with van der Waals surface area (Å²) in [7, 11) is 0. The molecule has 1 atom stereocenters. The smallest absolute Gasteiger partial charge is 0.265 e. The fraction of sp³-hybridized carbons (Fsp3) is 0.222. The zero-order chi connectivity index (χ0) is 15.9. The van der Waals surface area contributed by atoms with Crippen molar-refractivity contribution in [3.63, 3.8) is 0 Å². The predicted octanol–water partition coefficient (Wildman–Crippen LogP) is 3.66. The molecule has 0 aliphatic heterocycles. The van der Waals surface area contributed by atoms with Crippen molar-refractivity contribution in [1.82, 2.24) is 0 Å². The molecule has 2 rings (SSSR count). The van der Waals surface area contributed by atoms with E-state index in [1.54, 1.807) is 24.3 Å². The van der Waals surface area contributed by atoms with Gasteiger partial charge in [0.25, 0.3) is 5.91 Å². The van der Waals surface area contributed by atoms with E-state index in [2.05, 4.69) is 5.32 Å². The van der Waals surface area contributed by atoms with Gasteiger partial charge in [-0.25, -0.2) is 0 Å². The minimum Gasteiger partial charge on any atom is -0.481 e. The molecule has 1 N–H and O–H groups in total.